The summed E-state index contributed by atoms with van der Waals surface area (Å²) in [6.45, 7) is 4.72. The van der Waals surface area contributed by atoms with E-state index in [-0.39, 0.29) is 35.6 Å². The zero-order valence-corrected chi connectivity index (χ0v) is 18.5. The molecule has 2 aromatic heterocycles. The molecule has 2 aromatic rings. The van der Waals surface area contributed by atoms with Crippen LogP contribution in [0.1, 0.15) is 34.0 Å². The number of amides is 2. The molecule has 2 aliphatic heterocycles. The molecule has 2 fully saturated rings. The van der Waals surface area contributed by atoms with Gasteiger partial charge in [-0.25, -0.2) is 8.42 Å². The summed E-state index contributed by atoms with van der Waals surface area (Å²) in [5.41, 5.74) is 0.333. The summed E-state index contributed by atoms with van der Waals surface area (Å²) >= 11 is 1.37. The molecule has 0 aliphatic carbocycles. The van der Waals surface area contributed by atoms with Gasteiger partial charge in [-0.3, -0.25) is 9.59 Å². The molecule has 0 spiro atoms. The van der Waals surface area contributed by atoms with Crippen molar-refractivity contribution < 1.29 is 22.5 Å². The maximum atomic E-state index is 13.1. The van der Waals surface area contributed by atoms with Crippen molar-refractivity contribution in [1.29, 1.82) is 0 Å². The minimum Gasteiger partial charge on any atom is -0.360 e. The first kappa shape index (κ1) is 21.0. The Bertz CT molecular complexity index is 1020. The number of rotatable bonds is 4. The topological polar surface area (TPSA) is 104 Å². The molecule has 4 heterocycles. The number of piperazine rings is 1. The molecule has 11 heteroatoms. The Balaban J connectivity index is 1.43. The number of thiophene rings is 1. The number of nitrogens with zero attached hydrogens (tertiary/aromatic N) is 4. The first-order valence-electron chi connectivity index (χ1n) is 9.87. The van der Waals surface area contributed by atoms with Gasteiger partial charge >= 0.3 is 0 Å². The molecule has 9 nitrogen and oxygen atoms in total. The van der Waals surface area contributed by atoms with Crippen LogP contribution in [0.5, 0.6) is 0 Å². The van der Waals surface area contributed by atoms with Crippen molar-refractivity contribution in [2.75, 3.05) is 32.7 Å². The van der Waals surface area contributed by atoms with E-state index < -0.39 is 16.1 Å². The lowest BCUT2D eigenvalue weighted by molar-refractivity contribution is -0.136. The Kier molecular flexibility index (Phi) is 5.69. The summed E-state index contributed by atoms with van der Waals surface area (Å²) in [4.78, 5) is 29.9. The van der Waals surface area contributed by atoms with Gasteiger partial charge in [0.2, 0.25) is 15.9 Å². The Labute approximate surface area is 179 Å². The molecular weight excluding hydrogens is 428 g/mol. The van der Waals surface area contributed by atoms with E-state index in [9.17, 15) is 18.0 Å². The average Bonchev–Trinajstić information content (AvgIpc) is 3.48. The molecule has 162 valence electrons. The van der Waals surface area contributed by atoms with E-state index in [4.69, 9.17) is 4.52 Å². The number of aryl methyl sites for hydroxylation is 2. The molecular formula is C19H24N4O5S2. The minimum absolute atomic E-state index is 0.103. The number of hydrogen-bond acceptors (Lipinski definition) is 7. The van der Waals surface area contributed by atoms with Crippen LogP contribution in [-0.4, -0.2) is 78.3 Å². The Morgan fingerprint density at radius 3 is 2.50 bits per heavy atom. The lowest BCUT2D eigenvalue weighted by Crippen LogP contribution is -2.55. The summed E-state index contributed by atoms with van der Waals surface area (Å²) in [5, 5.41) is 5.58. The second-order valence-electron chi connectivity index (χ2n) is 7.52. The lowest BCUT2D eigenvalue weighted by Gasteiger charge is -2.36. The zero-order valence-electron chi connectivity index (χ0n) is 16.9. The van der Waals surface area contributed by atoms with Crippen LogP contribution < -0.4 is 0 Å². The van der Waals surface area contributed by atoms with Crippen LogP contribution in [0, 0.1) is 13.8 Å². The Morgan fingerprint density at radius 1 is 1.17 bits per heavy atom. The monoisotopic (exact) mass is 452 g/mol. The fourth-order valence-corrected chi connectivity index (χ4v) is 6.53. The van der Waals surface area contributed by atoms with Gasteiger partial charge in [0.1, 0.15) is 16.6 Å². The van der Waals surface area contributed by atoms with Crippen LogP contribution in [0.4, 0.5) is 0 Å². The van der Waals surface area contributed by atoms with Gasteiger partial charge in [-0.15, -0.1) is 11.3 Å². The second kappa shape index (κ2) is 8.12. The molecule has 0 saturated carbocycles. The van der Waals surface area contributed by atoms with Crippen LogP contribution in [0.15, 0.2) is 26.9 Å². The van der Waals surface area contributed by atoms with Gasteiger partial charge in [0.15, 0.2) is 5.76 Å². The standard InChI is InChI=1S/C19H24N4O5S2/c1-13-17(14(2)28-20-13)30(26,27)22-10-8-21(9-11-22)18(24)15-5-3-7-23(15)19(25)16-6-4-12-29-16/h4,6,12,15H,3,5,7-11H2,1-2H3/t15-/m1/s1. The molecule has 0 unspecified atom stereocenters. The largest absolute Gasteiger partial charge is 0.360 e. The van der Waals surface area contributed by atoms with Gasteiger partial charge in [-0.2, -0.15) is 4.31 Å². The third-order valence-corrected chi connectivity index (χ3v) is 8.65. The van der Waals surface area contributed by atoms with E-state index in [0.717, 1.165) is 6.42 Å². The molecule has 0 bridgehead atoms. The van der Waals surface area contributed by atoms with E-state index in [2.05, 4.69) is 5.16 Å². The summed E-state index contributed by atoms with van der Waals surface area (Å²) in [6, 6.07) is 3.11. The van der Waals surface area contributed by atoms with E-state index >= 15 is 0 Å². The highest BCUT2D eigenvalue weighted by Crippen LogP contribution is 2.26. The first-order chi connectivity index (χ1) is 14.3. The highest BCUT2D eigenvalue weighted by molar-refractivity contribution is 7.89. The first-order valence-corrected chi connectivity index (χ1v) is 12.2. The van der Waals surface area contributed by atoms with Gasteiger partial charge in [0, 0.05) is 32.7 Å². The van der Waals surface area contributed by atoms with E-state index in [0.29, 0.717) is 36.6 Å². The van der Waals surface area contributed by atoms with Crippen molar-refractivity contribution in [2.45, 2.75) is 37.6 Å². The average molecular weight is 453 g/mol. The predicted molar refractivity (Wildman–Crippen MR) is 110 cm³/mol. The highest BCUT2D eigenvalue weighted by atomic mass is 32.2. The smallest absolute Gasteiger partial charge is 0.264 e. The van der Waals surface area contributed by atoms with Gasteiger partial charge < -0.3 is 14.3 Å². The predicted octanol–water partition coefficient (Wildman–Crippen LogP) is 1.49. The molecule has 2 amide bonds. The second-order valence-corrected chi connectivity index (χ2v) is 10.3. The normalized spacial score (nSPS) is 20.7. The van der Waals surface area contributed by atoms with Crippen molar-refractivity contribution in [2.24, 2.45) is 0 Å². The molecule has 1 atom stereocenters. The number of sulfonamides is 1. The summed E-state index contributed by atoms with van der Waals surface area (Å²) in [6.07, 6.45) is 1.42. The van der Waals surface area contributed by atoms with Gasteiger partial charge in [-0.05, 0) is 38.1 Å². The van der Waals surface area contributed by atoms with Crippen LogP contribution in [0.25, 0.3) is 0 Å². The number of carbonyl (C=O) groups excluding carboxylic acids is 2. The third kappa shape index (κ3) is 3.65. The Hall–Kier alpha value is -2.24. The van der Waals surface area contributed by atoms with Crippen molar-refractivity contribution in [3.8, 4) is 0 Å². The van der Waals surface area contributed by atoms with E-state index in [1.54, 1.807) is 29.7 Å². The van der Waals surface area contributed by atoms with E-state index in [1.165, 1.54) is 15.6 Å². The van der Waals surface area contributed by atoms with Crippen molar-refractivity contribution >= 4 is 33.2 Å². The third-order valence-electron chi connectivity index (χ3n) is 5.65. The summed E-state index contributed by atoms with van der Waals surface area (Å²) in [5.74, 6) is 0.0481. The maximum Gasteiger partial charge on any atom is 0.264 e. The van der Waals surface area contributed by atoms with Crippen LogP contribution in [-0.2, 0) is 14.8 Å². The summed E-state index contributed by atoms with van der Waals surface area (Å²) in [7, 11) is -3.73. The fraction of sp³-hybridized carbons (Fsp3) is 0.526. The highest BCUT2D eigenvalue weighted by Gasteiger charge is 2.40. The minimum atomic E-state index is -3.73. The molecule has 2 saturated heterocycles. The number of carbonyl (C=O) groups is 2. The molecule has 0 N–H and O–H groups in total. The zero-order chi connectivity index (χ0) is 21.5. The lowest BCUT2D eigenvalue weighted by atomic mass is 10.1. The van der Waals surface area contributed by atoms with Crippen LogP contribution >= 0.6 is 11.3 Å². The SMILES string of the molecule is Cc1noc(C)c1S(=O)(=O)N1CCN(C(=O)[C@H]2CCCN2C(=O)c2cccs2)CC1. The number of hydrogen-bond donors (Lipinski definition) is 0. The quantitative estimate of drug-likeness (QED) is 0.696. The maximum absolute atomic E-state index is 13.1. The van der Waals surface area contributed by atoms with Crippen LogP contribution in [0.3, 0.4) is 0 Å². The molecule has 2 aliphatic rings. The van der Waals surface area contributed by atoms with Gasteiger partial charge in [0.25, 0.3) is 5.91 Å². The molecule has 30 heavy (non-hydrogen) atoms. The van der Waals surface area contributed by atoms with E-state index in [1.807, 2.05) is 11.4 Å². The van der Waals surface area contributed by atoms with Gasteiger partial charge in [0.05, 0.1) is 4.88 Å². The number of likely N-dealkylation sites (tertiary alicyclic amines) is 1. The van der Waals surface area contributed by atoms with Gasteiger partial charge in [-0.1, -0.05) is 11.2 Å². The molecule has 4 rings (SSSR count). The fourth-order valence-electron chi connectivity index (χ4n) is 4.14. The van der Waals surface area contributed by atoms with Crippen molar-refractivity contribution in [1.82, 2.24) is 19.3 Å². The summed E-state index contributed by atoms with van der Waals surface area (Å²) < 4.78 is 32.3. The van der Waals surface area contributed by atoms with Crippen molar-refractivity contribution in [3.63, 3.8) is 0 Å². The van der Waals surface area contributed by atoms with Crippen molar-refractivity contribution in [3.05, 3.63) is 33.8 Å². The van der Waals surface area contributed by atoms with Crippen LogP contribution in [0.2, 0.25) is 0 Å². The molecule has 0 radical (unpaired) electrons. The number of aromatic nitrogens is 1. The molecule has 0 aromatic carbocycles. The Morgan fingerprint density at radius 2 is 1.90 bits per heavy atom.